The number of guanidine groups is 1. The Bertz CT molecular complexity index is 509. The Morgan fingerprint density at radius 1 is 1.08 bits per heavy atom. The summed E-state index contributed by atoms with van der Waals surface area (Å²) in [5.41, 5.74) is 0. The SMILES string of the molecule is CN=C(NCCCN1CCCCC1C)NCCN1CCS(=O)(=O)CC1. The normalized spacial score (nSPS) is 25.7. The third-order valence-electron chi connectivity index (χ3n) is 5.24. The number of rotatable bonds is 7. The van der Waals surface area contributed by atoms with E-state index in [-0.39, 0.29) is 11.5 Å². The largest absolute Gasteiger partial charge is 0.356 e. The summed E-state index contributed by atoms with van der Waals surface area (Å²) in [5, 5.41) is 6.69. The van der Waals surface area contributed by atoms with E-state index in [2.05, 4.69) is 32.3 Å². The van der Waals surface area contributed by atoms with Crippen molar-refractivity contribution in [1.82, 2.24) is 20.4 Å². The lowest BCUT2D eigenvalue weighted by Crippen LogP contribution is -2.46. The van der Waals surface area contributed by atoms with Crippen LogP contribution in [0.25, 0.3) is 0 Å². The molecule has 0 saturated carbocycles. The number of aliphatic imine (C=N–C) groups is 1. The molecule has 25 heavy (non-hydrogen) atoms. The summed E-state index contributed by atoms with van der Waals surface area (Å²) in [6.45, 7) is 8.55. The lowest BCUT2D eigenvalue weighted by Gasteiger charge is -2.33. The minimum Gasteiger partial charge on any atom is -0.356 e. The van der Waals surface area contributed by atoms with Crippen molar-refractivity contribution in [2.24, 2.45) is 4.99 Å². The molecule has 2 heterocycles. The van der Waals surface area contributed by atoms with Crippen molar-refractivity contribution in [3.8, 4) is 0 Å². The second-order valence-electron chi connectivity index (χ2n) is 7.15. The molecule has 0 aliphatic carbocycles. The fraction of sp³-hybridized carbons (Fsp3) is 0.941. The molecular formula is C17H35N5O2S. The third-order valence-corrected chi connectivity index (χ3v) is 6.85. The molecule has 7 nitrogen and oxygen atoms in total. The quantitative estimate of drug-likeness (QED) is 0.376. The van der Waals surface area contributed by atoms with E-state index >= 15 is 0 Å². The van der Waals surface area contributed by atoms with E-state index < -0.39 is 9.84 Å². The topological polar surface area (TPSA) is 77.0 Å². The van der Waals surface area contributed by atoms with E-state index in [1.54, 1.807) is 7.05 Å². The van der Waals surface area contributed by atoms with Crippen molar-refractivity contribution >= 4 is 15.8 Å². The Hall–Kier alpha value is -0.860. The van der Waals surface area contributed by atoms with Gasteiger partial charge < -0.3 is 15.5 Å². The number of nitrogens with one attached hydrogen (secondary N) is 2. The van der Waals surface area contributed by atoms with E-state index in [1.807, 2.05) is 0 Å². The predicted molar refractivity (Wildman–Crippen MR) is 104 cm³/mol. The molecule has 2 aliphatic rings. The van der Waals surface area contributed by atoms with Crippen LogP contribution in [0.3, 0.4) is 0 Å². The molecule has 0 radical (unpaired) electrons. The van der Waals surface area contributed by atoms with Gasteiger partial charge in [0.2, 0.25) is 0 Å². The molecular weight excluding hydrogens is 338 g/mol. The highest BCUT2D eigenvalue weighted by molar-refractivity contribution is 7.91. The summed E-state index contributed by atoms with van der Waals surface area (Å²) in [4.78, 5) is 9.04. The smallest absolute Gasteiger partial charge is 0.191 e. The van der Waals surface area contributed by atoms with Gasteiger partial charge in [-0.1, -0.05) is 6.42 Å². The van der Waals surface area contributed by atoms with Gasteiger partial charge in [-0.25, -0.2) is 8.42 Å². The fourth-order valence-electron chi connectivity index (χ4n) is 3.51. The number of nitrogens with zero attached hydrogens (tertiary/aromatic N) is 3. The summed E-state index contributed by atoms with van der Waals surface area (Å²) in [7, 11) is -1.00. The summed E-state index contributed by atoms with van der Waals surface area (Å²) in [5.74, 6) is 1.40. The maximum Gasteiger partial charge on any atom is 0.191 e. The molecule has 2 fully saturated rings. The highest BCUT2D eigenvalue weighted by Crippen LogP contribution is 2.15. The zero-order valence-corrected chi connectivity index (χ0v) is 16.7. The Morgan fingerprint density at radius 3 is 2.48 bits per heavy atom. The van der Waals surface area contributed by atoms with Gasteiger partial charge in [-0.15, -0.1) is 0 Å². The number of sulfone groups is 1. The molecule has 2 N–H and O–H groups in total. The Balaban J connectivity index is 1.55. The van der Waals surface area contributed by atoms with Crippen molar-refractivity contribution < 1.29 is 8.42 Å². The first-order valence-electron chi connectivity index (χ1n) is 9.61. The predicted octanol–water partition coefficient (Wildman–Crippen LogP) is 0.146. The van der Waals surface area contributed by atoms with Crippen LogP contribution in [-0.2, 0) is 9.84 Å². The average Bonchev–Trinajstić information content (AvgIpc) is 2.60. The van der Waals surface area contributed by atoms with Gasteiger partial charge in [0.15, 0.2) is 15.8 Å². The third kappa shape index (κ3) is 7.50. The highest BCUT2D eigenvalue weighted by Gasteiger charge is 2.21. The van der Waals surface area contributed by atoms with Gasteiger partial charge in [-0.2, -0.15) is 0 Å². The first kappa shape index (κ1) is 20.5. The monoisotopic (exact) mass is 373 g/mol. The van der Waals surface area contributed by atoms with Crippen LogP contribution in [0.5, 0.6) is 0 Å². The summed E-state index contributed by atoms with van der Waals surface area (Å²) >= 11 is 0. The van der Waals surface area contributed by atoms with Crippen molar-refractivity contribution in [3.05, 3.63) is 0 Å². The fourth-order valence-corrected chi connectivity index (χ4v) is 4.78. The zero-order chi connectivity index (χ0) is 18.1. The summed E-state index contributed by atoms with van der Waals surface area (Å²) in [6.07, 6.45) is 5.15. The van der Waals surface area contributed by atoms with Gasteiger partial charge in [0, 0.05) is 52.4 Å². The van der Waals surface area contributed by atoms with Crippen LogP contribution in [0.15, 0.2) is 4.99 Å². The summed E-state index contributed by atoms with van der Waals surface area (Å²) < 4.78 is 22.9. The second-order valence-corrected chi connectivity index (χ2v) is 9.46. The molecule has 1 atom stereocenters. The number of likely N-dealkylation sites (tertiary alicyclic amines) is 1. The molecule has 146 valence electrons. The maximum atomic E-state index is 11.4. The molecule has 2 saturated heterocycles. The molecule has 2 rings (SSSR count). The lowest BCUT2D eigenvalue weighted by atomic mass is 10.0. The molecule has 0 aromatic heterocycles. The Labute approximate surface area is 153 Å². The van der Waals surface area contributed by atoms with Crippen molar-refractivity contribution in [1.29, 1.82) is 0 Å². The standard InChI is InChI=1S/C17H35N5O2S/c1-16-6-3-4-9-22(16)10-5-7-19-17(18-2)20-8-11-21-12-14-25(23,24)15-13-21/h16H,3-15H2,1-2H3,(H2,18,19,20). The second kappa shape index (κ2) is 10.3. The van der Waals surface area contributed by atoms with Crippen molar-refractivity contribution in [3.63, 3.8) is 0 Å². The number of hydrogen-bond donors (Lipinski definition) is 2. The molecule has 0 bridgehead atoms. The van der Waals surface area contributed by atoms with E-state index in [0.29, 0.717) is 13.1 Å². The van der Waals surface area contributed by atoms with Crippen LogP contribution < -0.4 is 10.6 Å². The Kier molecular flexibility index (Phi) is 8.45. The van der Waals surface area contributed by atoms with Crippen LogP contribution in [0.4, 0.5) is 0 Å². The van der Waals surface area contributed by atoms with Crippen molar-refractivity contribution in [2.75, 3.05) is 64.4 Å². The number of piperidine rings is 1. The van der Waals surface area contributed by atoms with Crippen LogP contribution in [0.2, 0.25) is 0 Å². The molecule has 0 aromatic carbocycles. The molecule has 1 unspecified atom stereocenters. The first-order chi connectivity index (χ1) is 12.0. The minimum absolute atomic E-state index is 0.287. The molecule has 2 aliphatic heterocycles. The Morgan fingerprint density at radius 2 is 1.80 bits per heavy atom. The van der Waals surface area contributed by atoms with Crippen LogP contribution >= 0.6 is 0 Å². The van der Waals surface area contributed by atoms with Gasteiger partial charge in [0.05, 0.1) is 11.5 Å². The van der Waals surface area contributed by atoms with Gasteiger partial charge in [-0.05, 0) is 32.7 Å². The van der Waals surface area contributed by atoms with Crippen LogP contribution in [0.1, 0.15) is 32.6 Å². The zero-order valence-electron chi connectivity index (χ0n) is 15.8. The van der Waals surface area contributed by atoms with E-state index in [9.17, 15) is 8.42 Å². The molecule has 0 spiro atoms. The maximum absolute atomic E-state index is 11.4. The van der Waals surface area contributed by atoms with Gasteiger partial charge >= 0.3 is 0 Å². The number of hydrogen-bond acceptors (Lipinski definition) is 5. The highest BCUT2D eigenvalue weighted by atomic mass is 32.2. The van der Waals surface area contributed by atoms with Gasteiger partial charge in [0.1, 0.15) is 0 Å². The minimum atomic E-state index is -2.79. The van der Waals surface area contributed by atoms with Gasteiger partial charge in [0.25, 0.3) is 0 Å². The molecule has 0 amide bonds. The van der Waals surface area contributed by atoms with Crippen LogP contribution in [-0.4, -0.2) is 94.6 Å². The van der Waals surface area contributed by atoms with Crippen LogP contribution in [0, 0.1) is 0 Å². The van der Waals surface area contributed by atoms with Gasteiger partial charge in [-0.3, -0.25) is 9.89 Å². The molecule has 0 aromatic rings. The van der Waals surface area contributed by atoms with E-state index in [0.717, 1.165) is 44.6 Å². The lowest BCUT2D eigenvalue weighted by molar-refractivity contribution is 0.159. The van der Waals surface area contributed by atoms with E-state index in [4.69, 9.17) is 0 Å². The van der Waals surface area contributed by atoms with E-state index in [1.165, 1.54) is 25.8 Å². The first-order valence-corrected chi connectivity index (χ1v) is 11.4. The molecule has 8 heteroatoms. The average molecular weight is 374 g/mol. The van der Waals surface area contributed by atoms with Crippen molar-refractivity contribution in [2.45, 2.75) is 38.6 Å². The summed E-state index contributed by atoms with van der Waals surface area (Å²) in [6, 6.07) is 0.722.